The smallest absolute Gasteiger partial charge is 0.254 e. The van der Waals surface area contributed by atoms with E-state index in [0.717, 1.165) is 42.5 Å². The molecule has 2 bridgehead atoms. The maximum atomic E-state index is 15.2. The molecule has 0 spiro atoms. The van der Waals surface area contributed by atoms with Gasteiger partial charge in [0.25, 0.3) is 5.91 Å². The molecule has 0 aliphatic carbocycles. The number of rotatable bonds is 6. The molecule has 2 unspecified atom stereocenters. The molecule has 8 nitrogen and oxygen atoms in total. The van der Waals surface area contributed by atoms with Crippen LogP contribution in [0.4, 0.5) is 16.0 Å². The lowest BCUT2D eigenvalue weighted by molar-refractivity contribution is 0.0560. The third kappa shape index (κ3) is 5.66. The van der Waals surface area contributed by atoms with Gasteiger partial charge in [-0.3, -0.25) is 9.79 Å². The largest absolute Gasteiger partial charge is 0.496 e. The quantitative estimate of drug-likeness (QED) is 0.239. The molecule has 3 aliphatic rings. The van der Waals surface area contributed by atoms with Crippen molar-refractivity contribution in [2.24, 2.45) is 4.99 Å². The number of hydrogen-bond acceptors (Lipinski definition) is 7. The summed E-state index contributed by atoms with van der Waals surface area (Å²) in [7, 11) is 3.51. The number of carbonyl (C=O) groups excluding carboxylic acids is 1. The summed E-state index contributed by atoms with van der Waals surface area (Å²) in [4.78, 5) is 29.8. The molecule has 2 N–H and O–H groups in total. The Morgan fingerprint density at radius 3 is 2.51 bits per heavy atom. The average molecular weight is 627 g/mol. The molecule has 3 aliphatic heterocycles. The number of benzene rings is 3. The Morgan fingerprint density at radius 1 is 1.04 bits per heavy atom. The molecule has 232 valence electrons. The molecule has 2 atom stereocenters. The molecule has 0 saturated carbocycles. The normalized spacial score (nSPS) is 19.9. The van der Waals surface area contributed by atoms with Crippen molar-refractivity contribution < 1.29 is 13.9 Å². The van der Waals surface area contributed by atoms with E-state index in [1.807, 2.05) is 37.4 Å². The number of piperidine rings is 1. The molecule has 1 aromatic heterocycles. The van der Waals surface area contributed by atoms with Crippen molar-refractivity contribution in [2.45, 2.75) is 57.8 Å². The molecule has 45 heavy (non-hydrogen) atoms. The number of ether oxygens (including phenoxy) is 1. The van der Waals surface area contributed by atoms with Crippen LogP contribution in [0.1, 0.15) is 60.2 Å². The second-order valence-electron chi connectivity index (χ2n) is 11.5. The monoisotopic (exact) mass is 626 g/mol. The molecule has 0 radical (unpaired) electrons. The molecule has 2 fully saturated rings. The van der Waals surface area contributed by atoms with Gasteiger partial charge in [-0.1, -0.05) is 31.2 Å². The Balaban J connectivity index is 0.00000357. The minimum Gasteiger partial charge on any atom is -0.496 e. The lowest BCUT2D eigenvalue weighted by Gasteiger charge is -2.39. The highest BCUT2D eigenvalue weighted by Gasteiger charge is 2.43. The predicted octanol–water partition coefficient (Wildman–Crippen LogP) is 7.03. The SMILES string of the molecule is C.CNC1CC2CCC(C1)N2C(=O)c1ccc(Nc2ncc3c(n2)-c2ccc(Cl)cc2C(c2c(F)cccc2OC)=NC3)cc1. The molecular weight excluding hydrogens is 591 g/mol. The number of halogens is 2. The number of aliphatic imine (C=N–C) groups is 1. The van der Waals surface area contributed by atoms with E-state index < -0.39 is 5.82 Å². The van der Waals surface area contributed by atoms with Crippen molar-refractivity contribution >= 4 is 34.9 Å². The predicted molar refractivity (Wildman–Crippen MR) is 176 cm³/mol. The van der Waals surface area contributed by atoms with E-state index in [-0.39, 0.29) is 25.4 Å². The number of nitrogens with zero attached hydrogens (tertiary/aromatic N) is 4. The van der Waals surface area contributed by atoms with E-state index in [1.54, 1.807) is 30.5 Å². The van der Waals surface area contributed by atoms with E-state index >= 15 is 4.39 Å². The summed E-state index contributed by atoms with van der Waals surface area (Å²) in [5.74, 6) is 0.428. The van der Waals surface area contributed by atoms with Crippen LogP contribution in [0.3, 0.4) is 0 Å². The second kappa shape index (κ2) is 12.6. The summed E-state index contributed by atoms with van der Waals surface area (Å²) in [6.07, 6.45) is 5.88. The van der Waals surface area contributed by atoms with Gasteiger partial charge in [0.05, 0.1) is 30.6 Å². The van der Waals surface area contributed by atoms with Gasteiger partial charge in [-0.2, -0.15) is 0 Å². The van der Waals surface area contributed by atoms with Gasteiger partial charge in [0, 0.05) is 57.3 Å². The van der Waals surface area contributed by atoms with E-state index in [4.69, 9.17) is 26.3 Å². The molecule has 2 saturated heterocycles. The molecule has 10 heteroatoms. The van der Waals surface area contributed by atoms with Crippen LogP contribution in [0.25, 0.3) is 11.3 Å². The van der Waals surface area contributed by atoms with Crippen molar-refractivity contribution in [1.82, 2.24) is 20.2 Å². The summed E-state index contributed by atoms with van der Waals surface area (Å²) < 4.78 is 20.7. The summed E-state index contributed by atoms with van der Waals surface area (Å²) >= 11 is 6.42. The minimum absolute atomic E-state index is 0. The fraction of sp³-hybridized carbons (Fsp3) is 0.314. The molecule has 4 aromatic rings. The Kier molecular flexibility index (Phi) is 8.57. The van der Waals surface area contributed by atoms with Crippen molar-refractivity contribution in [3.8, 4) is 17.0 Å². The third-order valence-corrected chi connectivity index (χ3v) is 9.19. The van der Waals surface area contributed by atoms with Gasteiger partial charge < -0.3 is 20.3 Å². The Labute approximate surface area is 267 Å². The number of carbonyl (C=O) groups is 1. The van der Waals surface area contributed by atoms with Crippen LogP contribution in [0, 0.1) is 5.82 Å². The topological polar surface area (TPSA) is 91.7 Å². The van der Waals surface area contributed by atoms with Crippen LogP contribution >= 0.6 is 11.6 Å². The zero-order chi connectivity index (χ0) is 30.4. The van der Waals surface area contributed by atoms with Crippen molar-refractivity contribution in [1.29, 1.82) is 0 Å². The minimum atomic E-state index is -0.439. The average Bonchev–Trinajstić information content (AvgIpc) is 3.21. The molecule has 1 amide bonds. The number of fused-ring (bicyclic) bond motifs is 5. The van der Waals surface area contributed by atoms with E-state index in [0.29, 0.717) is 57.4 Å². The first-order chi connectivity index (χ1) is 21.4. The lowest BCUT2D eigenvalue weighted by atomic mass is 9.94. The summed E-state index contributed by atoms with van der Waals surface area (Å²) in [5, 5.41) is 7.16. The standard InChI is InChI=1S/C34H32ClFN6O2.CH4/c1-37-23-15-24-11-12-25(16-23)42(24)33(43)19-6-9-22(10-7-19)40-34-39-18-20-17-38-32(30-28(36)4-3-5-29(30)44-2)27-14-21(35)8-13-26(27)31(20)41-34;/h3-10,13-14,18,23-25,37H,11-12,15-17H2,1-2H3,(H,39,40,41);1H4. The maximum Gasteiger partial charge on any atom is 0.254 e. The van der Waals surface area contributed by atoms with Gasteiger partial charge in [-0.15, -0.1) is 0 Å². The van der Waals surface area contributed by atoms with Crippen molar-refractivity contribution in [3.63, 3.8) is 0 Å². The maximum absolute atomic E-state index is 15.2. The van der Waals surface area contributed by atoms with Gasteiger partial charge in [0.15, 0.2) is 0 Å². The van der Waals surface area contributed by atoms with Crippen LogP contribution in [-0.4, -0.2) is 58.8 Å². The summed E-state index contributed by atoms with van der Waals surface area (Å²) in [6, 6.07) is 18.7. The van der Waals surface area contributed by atoms with Gasteiger partial charge in [-0.05, 0) is 81.3 Å². The van der Waals surface area contributed by atoms with Crippen LogP contribution in [0.2, 0.25) is 5.02 Å². The van der Waals surface area contributed by atoms with Crippen LogP contribution < -0.4 is 15.4 Å². The molecule has 7 rings (SSSR count). The number of aromatic nitrogens is 2. The van der Waals surface area contributed by atoms with E-state index in [2.05, 4.69) is 20.5 Å². The van der Waals surface area contributed by atoms with Gasteiger partial charge >= 0.3 is 0 Å². The van der Waals surface area contributed by atoms with Crippen molar-refractivity contribution in [2.75, 3.05) is 19.5 Å². The van der Waals surface area contributed by atoms with Gasteiger partial charge in [-0.25, -0.2) is 14.4 Å². The van der Waals surface area contributed by atoms with Gasteiger partial charge in [0.1, 0.15) is 11.6 Å². The third-order valence-electron chi connectivity index (χ3n) is 8.96. The first kappa shape index (κ1) is 30.7. The van der Waals surface area contributed by atoms with Crippen molar-refractivity contribution in [3.05, 3.63) is 100.0 Å². The van der Waals surface area contributed by atoms with E-state index in [9.17, 15) is 4.79 Å². The first-order valence-electron chi connectivity index (χ1n) is 14.8. The second-order valence-corrected chi connectivity index (χ2v) is 11.9. The fourth-order valence-corrected chi connectivity index (χ4v) is 6.99. The zero-order valence-corrected chi connectivity index (χ0v) is 25.2. The lowest BCUT2D eigenvalue weighted by Crippen LogP contribution is -2.50. The fourth-order valence-electron chi connectivity index (χ4n) is 6.82. The number of nitrogens with one attached hydrogen (secondary N) is 2. The van der Waals surface area contributed by atoms with E-state index in [1.165, 1.54) is 13.2 Å². The zero-order valence-electron chi connectivity index (χ0n) is 24.5. The molecule has 3 aromatic carbocycles. The first-order valence-corrected chi connectivity index (χ1v) is 15.2. The van der Waals surface area contributed by atoms with Gasteiger partial charge in [0.2, 0.25) is 5.95 Å². The Hall–Kier alpha value is -4.34. The highest BCUT2D eigenvalue weighted by atomic mass is 35.5. The summed E-state index contributed by atoms with van der Waals surface area (Å²) in [5.41, 5.74) is 5.03. The summed E-state index contributed by atoms with van der Waals surface area (Å²) in [6.45, 7) is 0.249. The van der Waals surface area contributed by atoms with Crippen LogP contribution in [0.15, 0.2) is 71.9 Å². The molecule has 4 heterocycles. The Bertz CT molecular complexity index is 1760. The number of methoxy groups -OCH3 is 1. The number of anilines is 2. The molecular formula is C35H36ClFN6O2. The Morgan fingerprint density at radius 2 is 1.80 bits per heavy atom. The number of amides is 1. The highest BCUT2D eigenvalue weighted by molar-refractivity contribution is 6.31. The highest BCUT2D eigenvalue weighted by Crippen LogP contribution is 2.38. The van der Waals surface area contributed by atoms with Crippen LogP contribution in [0.5, 0.6) is 5.75 Å². The van der Waals surface area contributed by atoms with Crippen LogP contribution in [-0.2, 0) is 6.54 Å². The number of hydrogen-bond donors (Lipinski definition) is 2.